The first kappa shape index (κ1) is 22.4. The van der Waals surface area contributed by atoms with Crippen LogP contribution in [0, 0.1) is 13.8 Å². The molecular formula is C23H33N4O2+. The van der Waals surface area contributed by atoms with Gasteiger partial charge in [-0.1, -0.05) is 30.3 Å². The van der Waals surface area contributed by atoms with Gasteiger partial charge in [0.15, 0.2) is 6.04 Å². The second-order valence-corrected chi connectivity index (χ2v) is 7.84. The predicted molar refractivity (Wildman–Crippen MR) is 118 cm³/mol. The number of quaternary nitrogens is 1. The Balaban J connectivity index is 1.85. The van der Waals surface area contributed by atoms with E-state index in [1.165, 1.54) is 5.56 Å². The molecule has 0 saturated heterocycles. The van der Waals surface area contributed by atoms with Crippen LogP contribution in [0.5, 0.6) is 0 Å². The summed E-state index contributed by atoms with van der Waals surface area (Å²) in [4.78, 5) is 27.9. The number of aryl methyl sites for hydroxylation is 2. The highest BCUT2D eigenvalue weighted by Crippen LogP contribution is 2.19. The van der Waals surface area contributed by atoms with Crippen LogP contribution in [0.2, 0.25) is 0 Å². The maximum absolute atomic E-state index is 12.5. The van der Waals surface area contributed by atoms with Gasteiger partial charge < -0.3 is 20.4 Å². The molecule has 0 heterocycles. The van der Waals surface area contributed by atoms with Gasteiger partial charge in [0.25, 0.3) is 5.91 Å². The van der Waals surface area contributed by atoms with Crippen LogP contribution in [0.4, 0.5) is 11.4 Å². The molecule has 3 N–H and O–H groups in total. The number of anilines is 2. The van der Waals surface area contributed by atoms with Crippen LogP contribution in [0.3, 0.4) is 0 Å². The number of rotatable bonds is 8. The number of benzene rings is 2. The summed E-state index contributed by atoms with van der Waals surface area (Å²) in [6.45, 7) is 6.47. The molecule has 0 radical (unpaired) electrons. The number of para-hydroxylation sites is 1. The maximum atomic E-state index is 12.5. The third-order valence-electron chi connectivity index (χ3n) is 5.24. The topological polar surface area (TPSA) is 65.9 Å². The molecule has 6 heteroatoms. The Morgan fingerprint density at radius 1 is 1.03 bits per heavy atom. The lowest BCUT2D eigenvalue weighted by Crippen LogP contribution is -3.12. The monoisotopic (exact) mass is 397 g/mol. The Morgan fingerprint density at radius 2 is 1.62 bits per heavy atom. The zero-order valence-electron chi connectivity index (χ0n) is 18.3. The van der Waals surface area contributed by atoms with Crippen molar-refractivity contribution in [1.29, 1.82) is 0 Å². The Bertz CT molecular complexity index is 826. The summed E-state index contributed by atoms with van der Waals surface area (Å²) in [5.74, 6) is -0.357. The van der Waals surface area contributed by atoms with Crippen LogP contribution in [-0.2, 0) is 16.1 Å². The smallest absolute Gasteiger partial charge is 0.278 e. The minimum Gasteiger partial charge on any atom is -0.378 e. The number of hydrogen-bond acceptors (Lipinski definition) is 3. The van der Waals surface area contributed by atoms with Crippen LogP contribution < -0.4 is 20.4 Å². The molecule has 0 aliphatic carbocycles. The van der Waals surface area contributed by atoms with Gasteiger partial charge in [0.2, 0.25) is 5.91 Å². The molecule has 2 aromatic carbocycles. The Kier molecular flexibility index (Phi) is 7.79. The minimum atomic E-state index is -0.267. The molecule has 0 saturated carbocycles. The molecule has 0 aromatic heterocycles. The Morgan fingerprint density at radius 3 is 2.17 bits per heavy atom. The third-order valence-corrected chi connectivity index (χ3v) is 5.24. The molecule has 0 aliphatic rings. The van der Waals surface area contributed by atoms with E-state index < -0.39 is 0 Å². The lowest BCUT2D eigenvalue weighted by molar-refractivity contribution is -0.908. The fourth-order valence-corrected chi connectivity index (χ4v) is 3.13. The van der Waals surface area contributed by atoms with Crippen molar-refractivity contribution in [3.8, 4) is 0 Å². The molecule has 6 nitrogen and oxygen atoms in total. The predicted octanol–water partition coefficient (Wildman–Crippen LogP) is 1.53. The molecule has 2 amide bonds. The standard InChI is InChI=1S/C23H32N4O2/c1-16-8-7-9-17(2)22(16)25-21(28)14-24-23(29)18(3)27(6)15-19-10-12-20(13-11-19)26(4)5/h7-13,18H,14-15H2,1-6H3,(H,24,29)(H,25,28)/p+1/t18-/m1/s1. The van der Waals surface area contributed by atoms with Crippen molar-refractivity contribution in [2.75, 3.05) is 37.9 Å². The van der Waals surface area contributed by atoms with E-state index >= 15 is 0 Å². The maximum Gasteiger partial charge on any atom is 0.278 e. The van der Waals surface area contributed by atoms with E-state index in [0.29, 0.717) is 0 Å². The van der Waals surface area contributed by atoms with Gasteiger partial charge in [0.1, 0.15) is 6.54 Å². The second-order valence-electron chi connectivity index (χ2n) is 7.84. The normalized spacial score (nSPS) is 12.8. The molecule has 156 valence electrons. The molecule has 29 heavy (non-hydrogen) atoms. The van der Waals surface area contributed by atoms with Gasteiger partial charge in [0, 0.05) is 31.0 Å². The van der Waals surface area contributed by atoms with Gasteiger partial charge in [0.05, 0.1) is 13.6 Å². The molecule has 1 unspecified atom stereocenters. The van der Waals surface area contributed by atoms with Gasteiger partial charge in [-0.2, -0.15) is 0 Å². The first-order valence-electron chi connectivity index (χ1n) is 9.91. The molecular weight excluding hydrogens is 364 g/mol. The molecule has 0 fully saturated rings. The number of nitrogens with zero attached hydrogens (tertiary/aromatic N) is 1. The van der Waals surface area contributed by atoms with Crippen LogP contribution in [0.1, 0.15) is 23.6 Å². The summed E-state index contributed by atoms with van der Waals surface area (Å²) in [5, 5.41) is 5.65. The number of likely N-dealkylation sites (N-methyl/N-ethyl adjacent to an activating group) is 1. The number of hydrogen-bond donors (Lipinski definition) is 3. The van der Waals surface area contributed by atoms with Gasteiger partial charge in [-0.05, 0) is 44.0 Å². The van der Waals surface area contributed by atoms with Crippen molar-refractivity contribution in [1.82, 2.24) is 5.32 Å². The largest absolute Gasteiger partial charge is 0.378 e. The van der Waals surface area contributed by atoms with Gasteiger partial charge in [-0.3, -0.25) is 9.59 Å². The molecule has 2 rings (SSSR count). The van der Waals surface area contributed by atoms with Crippen molar-refractivity contribution in [3.63, 3.8) is 0 Å². The summed E-state index contributed by atoms with van der Waals surface area (Å²) < 4.78 is 0. The average molecular weight is 398 g/mol. The lowest BCUT2D eigenvalue weighted by Gasteiger charge is -2.21. The summed E-state index contributed by atoms with van der Waals surface area (Å²) in [6.07, 6.45) is 0. The van der Waals surface area contributed by atoms with E-state index in [2.05, 4.69) is 39.8 Å². The molecule has 2 atom stereocenters. The zero-order chi connectivity index (χ0) is 21.6. The summed E-state index contributed by atoms with van der Waals surface area (Å²) in [6, 6.07) is 13.9. The zero-order valence-corrected chi connectivity index (χ0v) is 18.3. The number of nitrogens with one attached hydrogen (secondary N) is 3. The Labute approximate surface area is 173 Å². The molecule has 0 aliphatic heterocycles. The van der Waals surface area contributed by atoms with Crippen molar-refractivity contribution in [2.24, 2.45) is 0 Å². The highest BCUT2D eigenvalue weighted by atomic mass is 16.2. The van der Waals surface area contributed by atoms with Crippen molar-refractivity contribution in [2.45, 2.75) is 33.4 Å². The van der Waals surface area contributed by atoms with Crippen LogP contribution >= 0.6 is 0 Å². The van der Waals surface area contributed by atoms with Crippen molar-refractivity contribution >= 4 is 23.2 Å². The lowest BCUT2D eigenvalue weighted by atomic mass is 10.1. The summed E-state index contributed by atoms with van der Waals surface area (Å²) in [7, 11) is 6.01. The first-order valence-corrected chi connectivity index (χ1v) is 9.91. The van der Waals surface area contributed by atoms with Crippen LogP contribution in [0.15, 0.2) is 42.5 Å². The summed E-state index contributed by atoms with van der Waals surface area (Å²) >= 11 is 0. The number of carbonyl (C=O) groups is 2. The highest BCUT2D eigenvalue weighted by Gasteiger charge is 2.22. The van der Waals surface area contributed by atoms with E-state index in [1.807, 2.05) is 60.1 Å². The fraction of sp³-hybridized carbons (Fsp3) is 0.391. The summed E-state index contributed by atoms with van der Waals surface area (Å²) in [5.41, 5.74) is 5.13. The van der Waals surface area contributed by atoms with Gasteiger partial charge >= 0.3 is 0 Å². The fourth-order valence-electron chi connectivity index (χ4n) is 3.13. The highest BCUT2D eigenvalue weighted by molar-refractivity contribution is 5.96. The SMILES string of the molecule is Cc1cccc(C)c1NC(=O)CNC(=O)[C@@H](C)[NH+](C)Cc1ccc(N(C)C)cc1. The third kappa shape index (κ3) is 6.32. The van der Waals surface area contributed by atoms with Crippen LogP contribution in [-0.4, -0.2) is 45.5 Å². The molecule has 2 aromatic rings. The quantitative estimate of drug-likeness (QED) is 0.633. The molecule has 0 bridgehead atoms. The van der Waals surface area contributed by atoms with E-state index in [-0.39, 0.29) is 24.4 Å². The van der Waals surface area contributed by atoms with Crippen molar-refractivity contribution in [3.05, 3.63) is 59.2 Å². The van der Waals surface area contributed by atoms with E-state index in [0.717, 1.165) is 33.9 Å². The number of amides is 2. The first-order chi connectivity index (χ1) is 13.7. The van der Waals surface area contributed by atoms with E-state index in [1.54, 1.807) is 0 Å². The van der Waals surface area contributed by atoms with Gasteiger partial charge in [-0.15, -0.1) is 0 Å². The van der Waals surface area contributed by atoms with E-state index in [9.17, 15) is 9.59 Å². The van der Waals surface area contributed by atoms with Gasteiger partial charge in [-0.25, -0.2) is 0 Å². The minimum absolute atomic E-state index is 0.0399. The van der Waals surface area contributed by atoms with E-state index in [4.69, 9.17) is 0 Å². The Hall–Kier alpha value is -2.86. The second kappa shape index (κ2) is 10.1. The molecule has 0 spiro atoms. The van der Waals surface area contributed by atoms with Crippen molar-refractivity contribution < 1.29 is 14.5 Å². The average Bonchev–Trinajstić information content (AvgIpc) is 2.68. The number of carbonyl (C=O) groups excluding carboxylic acids is 2. The van der Waals surface area contributed by atoms with Crippen LogP contribution in [0.25, 0.3) is 0 Å².